The Hall–Kier alpha value is -3.98. The monoisotopic (exact) mass is 482 g/mol. The van der Waals surface area contributed by atoms with Crippen LogP contribution in [0.5, 0.6) is 0 Å². The number of halogens is 4. The molecule has 0 unspecified atom stereocenters. The van der Waals surface area contributed by atoms with E-state index in [0.29, 0.717) is 16.1 Å². The number of pyridine rings is 1. The van der Waals surface area contributed by atoms with Crippen molar-refractivity contribution in [1.29, 1.82) is 0 Å². The maximum Gasteiger partial charge on any atom is 0.432 e. The predicted molar refractivity (Wildman–Crippen MR) is 118 cm³/mol. The Balaban J connectivity index is 1.67. The molecule has 0 saturated heterocycles. The molecular formula is C24H14ClF3N4O2. The Labute approximate surface area is 195 Å². The maximum absolute atomic E-state index is 14.4. The van der Waals surface area contributed by atoms with E-state index in [1.807, 2.05) is 0 Å². The van der Waals surface area contributed by atoms with Gasteiger partial charge in [-0.3, -0.25) is 9.78 Å². The van der Waals surface area contributed by atoms with E-state index >= 15 is 0 Å². The first-order chi connectivity index (χ1) is 16.3. The van der Waals surface area contributed by atoms with Crippen molar-refractivity contribution >= 4 is 28.3 Å². The summed E-state index contributed by atoms with van der Waals surface area (Å²) in [6.07, 6.45) is -1.85. The minimum atomic E-state index is -4.83. The molecule has 34 heavy (non-hydrogen) atoms. The molecule has 3 heterocycles. The highest BCUT2D eigenvalue weighted by atomic mass is 35.5. The summed E-state index contributed by atoms with van der Waals surface area (Å²) in [6, 6.07) is 15.9. The first-order valence-corrected chi connectivity index (χ1v) is 10.4. The number of benzene rings is 2. The molecule has 0 atom stereocenters. The lowest BCUT2D eigenvalue weighted by Crippen LogP contribution is -2.18. The summed E-state index contributed by atoms with van der Waals surface area (Å²) in [5, 5.41) is 8.13. The van der Waals surface area contributed by atoms with Crippen molar-refractivity contribution in [2.24, 2.45) is 0 Å². The number of para-hydroxylation sites is 1. The number of nitrogens with zero attached hydrogens (tertiary/aromatic N) is 4. The fourth-order valence-corrected chi connectivity index (χ4v) is 3.92. The molecule has 0 amide bonds. The summed E-state index contributed by atoms with van der Waals surface area (Å²) in [7, 11) is 0. The van der Waals surface area contributed by atoms with Crippen LogP contribution in [0, 0.1) is 0 Å². The highest BCUT2D eigenvalue weighted by Gasteiger charge is 2.42. The number of alkyl halides is 3. The zero-order valence-electron chi connectivity index (χ0n) is 17.3. The second-order valence-electron chi connectivity index (χ2n) is 7.43. The van der Waals surface area contributed by atoms with Gasteiger partial charge >= 0.3 is 6.18 Å². The third kappa shape index (κ3) is 3.94. The first kappa shape index (κ1) is 21.8. The van der Waals surface area contributed by atoms with E-state index < -0.39 is 29.1 Å². The van der Waals surface area contributed by atoms with Crippen LogP contribution in [-0.2, 0) is 12.7 Å². The average Bonchev–Trinajstić information content (AvgIpc) is 3.44. The molecule has 0 fully saturated rings. The van der Waals surface area contributed by atoms with Crippen LogP contribution in [0.2, 0.25) is 5.02 Å². The molecule has 2 aromatic carbocycles. The van der Waals surface area contributed by atoms with Gasteiger partial charge in [0.05, 0.1) is 11.1 Å². The van der Waals surface area contributed by atoms with Crippen molar-refractivity contribution in [3.8, 4) is 11.5 Å². The average molecular weight is 483 g/mol. The number of aromatic nitrogens is 4. The Kier molecular flexibility index (Phi) is 5.41. The fraction of sp³-hybridized carbons (Fsp3) is 0.0833. The van der Waals surface area contributed by atoms with Gasteiger partial charge in [0.2, 0.25) is 5.89 Å². The quantitative estimate of drug-likeness (QED) is 0.286. The lowest BCUT2D eigenvalue weighted by Gasteiger charge is -2.14. The van der Waals surface area contributed by atoms with E-state index in [4.69, 9.17) is 16.0 Å². The van der Waals surface area contributed by atoms with Crippen LogP contribution in [-0.4, -0.2) is 25.5 Å². The van der Waals surface area contributed by atoms with Gasteiger partial charge in [-0.05, 0) is 35.9 Å². The molecule has 0 radical (unpaired) electrons. The molecule has 0 N–H and O–H groups in total. The molecule has 0 saturated carbocycles. The highest BCUT2D eigenvalue weighted by molar-refractivity contribution is 6.30. The topological polar surface area (TPSA) is 73.8 Å². The smallest absolute Gasteiger partial charge is 0.413 e. The minimum Gasteiger partial charge on any atom is -0.413 e. The van der Waals surface area contributed by atoms with Gasteiger partial charge in [0.1, 0.15) is 5.69 Å². The lowest BCUT2D eigenvalue weighted by atomic mass is 10.1. The number of carbonyl (C=O) groups excluding carboxylic acids is 1. The molecular weight excluding hydrogens is 469 g/mol. The molecule has 0 aliphatic rings. The Morgan fingerprint density at radius 2 is 1.76 bits per heavy atom. The Bertz CT molecular complexity index is 1490. The van der Waals surface area contributed by atoms with Crippen LogP contribution >= 0.6 is 11.6 Å². The van der Waals surface area contributed by atoms with E-state index in [2.05, 4.69) is 15.2 Å². The van der Waals surface area contributed by atoms with E-state index in [-0.39, 0.29) is 23.3 Å². The third-order valence-electron chi connectivity index (χ3n) is 5.25. The third-order valence-corrected chi connectivity index (χ3v) is 5.50. The van der Waals surface area contributed by atoms with Gasteiger partial charge in [0.25, 0.3) is 11.7 Å². The summed E-state index contributed by atoms with van der Waals surface area (Å²) in [4.78, 5) is 17.3. The molecule has 0 aliphatic carbocycles. The molecule has 6 nitrogen and oxygen atoms in total. The van der Waals surface area contributed by atoms with E-state index in [1.165, 1.54) is 24.5 Å². The molecule has 3 aromatic heterocycles. The number of hydrogen-bond acceptors (Lipinski definition) is 5. The van der Waals surface area contributed by atoms with Gasteiger partial charge in [0.15, 0.2) is 0 Å². The van der Waals surface area contributed by atoms with Gasteiger partial charge in [0, 0.05) is 34.9 Å². The SMILES string of the molecule is O=C(c1nnc(-c2cccnc2)o1)c1c(C(F)(F)F)n(Cc2ccc(Cl)cc2)c2ccccc12. The van der Waals surface area contributed by atoms with E-state index in [9.17, 15) is 18.0 Å². The largest absolute Gasteiger partial charge is 0.432 e. The van der Waals surface area contributed by atoms with Gasteiger partial charge < -0.3 is 8.98 Å². The zero-order chi connectivity index (χ0) is 23.9. The van der Waals surface area contributed by atoms with Crippen LogP contribution in [0.4, 0.5) is 13.2 Å². The minimum absolute atomic E-state index is 0.0186. The molecule has 0 spiro atoms. The molecule has 0 aliphatic heterocycles. The van der Waals surface area contributed by atoms with Crippen molar-refractivity contribution < 1.29 is 22.4 Å². The fourth-order valence-electron chi connectivity index (χ4n) is 3.79. The summed E-state index contributed by atoms with van der Waals surface area (Å²) in [5.41, 5.74) is -0.352. The maximum atomic E-state index is 14.4. The normalized spacial score (nSPS) is 11.8. The molecule has 10 heteroatoms. The van der Waals surface area contributed by atoms with Crippen LogP contribution < -0.4 is 0 Å². The van der Waals surface area contributed by atoms with Crippen LogP contribution in [0.15, 0.2) is 77.5 Å². The van der Waals surface area contributed by atoms with Crippen molar-refractivity contribution in [2.45, 2.75) is 12.7 Å². The molecule has 0 bridgehead atoms. The van der Waals surface area contributed by atoms with Crippen LogP contribution in [0.25, 0.3) is 22.4 Å². The number of carbonyl (C=O) groups is 1. The van der Waals surface area contributed by atoms with E-state index in [0.717, 1.165) is 4.57 Å². The second kappa shape index (κ2) is 8.42. The summed E-state index contributed by atoms with van der Waals surface area (Å²) in [6.45, 7) is -0.120. The second-order valence-corrected chi connectivity index (χ2v) is 7.87. The van der Waals surface area contributed by atoms with Crippen LogP contribution in [0.1, 0.15) is 27.5 Å². The van der Waals surface area contributed by atoms with Gasteiger partial charge in [-0.2, -0.15) is 13.2 Å². The van der Waals surface area contributed by atoms with Crippen molar-refractivity contribution in [2.75, 3.05) is 0 Å². The Morgan fingerprint density at radius 1 is 1.00 bits per heavy atom. The molecule has 5 aromatic rings. The summed E-state index contributed by atoms with van der Waals surface area (Å²) < 4.78 is 49.7. The Morgan fingerprint density at radius 3 is 2.47 bits per heavy atom. The molecule has 170 valence electrons. The summed E-state index contributed by atoms with van der Waals surface area (Å²) >= 11 is 5.91. The van der Waals surface area contributed by atoms with Crippen LogP contribution in [0.3, 0.4) is 0 Å². The number of hydrogen-bond donors (Lipinski definition) is 0. The number of ketones is 1. The number of rotatable bonds is 5. The van der Waals surface area contributed by atoms with Gasteiger partial charge in [-0.25, -0.2) is 0 Å². The van der Waals surface area contributed by atoms with E-state index in [1.54, 1.807) is 48.5 Å². The number of fused-ring (bicyclic) bond motifs is 1. The summed E-state index contributed by atoms with van der Waals surface area (Å²) in [5.74, 6) is -1.57. The van der Waals surface area contributed by atoms with Crippen molar-refractivity contribution in [3.63, 3.8) is 0 Å². The van der Waals surface area contributed by atoms with Gasteiger partial charge in [-0.15, -0.1) is 10.2 Å². The molecule has 5 rings (SSSR count). The zero-order valence-corrected chi connectivity index (χ0v) is 18.0. The van der Waals surface area contributed by atoms with Crippen molar-refractivity contribution in [1.82, 2.24) is 19.7 Å². The standard InChI is InChI=1S/C24H14ClF3N4O2/c25-16-9-7-14(8-10-16)13-32-18-6-2-1-5-17(18)19(21(32)24(26,27)28)20(33)23-31-30-22(34-23)15-4-3-11-29-12-15/h1-12H,13H2. The van der Waals surface area contributed by atoms with Gasteiger partial charge in [-0.1, -0.05) is 41.9 Å². The lowest BCUT2D eigenvalue weighted by molar-refractivity contribution is -0.143. The van der Waals surface area contributed by atoms with Crippen molar-refractivity contribution in [3.05, 3.63) is 101 Å². The first-order valence-electron chi connectivity index (χ1n) is 10.0. The highest BCUT2D eigenvalue weighted by Crippen LogP contribution is 2.40. The predicted octanol–water partition coefficient (Wildman–Crippen LogP) is 6.04.